The average Bonchev–Trinajstić information content (AvgIpc) is 2.67. The quantitative estimate of drug-likeness (QED) is 0.742. The molecule has 4 nitrogen and oxygen atoms in total. The summed E-state index contributed by atoms with van der Waals surface area (Å²) in [5, 5.41) is 0. The fraction of sp³-hybridized carbons (Fsp3) is 0.600. The molecule has 114 valence electrons. The molecule has 0 radical (unpaired) electrons. The van der Waals surface area contributed by atoms with Crippen LogP contribution in [0.1, 0.15) is 50.3 Å². The Kier molecular flexibility index (Phi) is 4.84. The molecule has 2 heterocycles. The monoisotopic (exact) mass is 414 g/mol. The molecule has 1 aromatic heterocycles. The number of hydrogen-bond donors (Lipinski definition) is 1. The predicted molar refractivity (Wildman–Crippen MR) is 92.2 cm³/mol. The zero-order chi connectivity index (χ0) is 14.8. The Balaban J connectivity index is 1.87. The lowest BCUT2D eigenvalue weighted by molar-refractivity contribution is 0.233. The van der Waals surface area contributed by atoms with Gasteiger partial charge in [0.1, 0.15) is 0 Å². The average molecular weight is 416 g/mol. The molecule has 6 heteroatoms. The molecule has 0 amide bonds. The van der Waals surface area contributed by atoms with E-state index in [9.17, 15) is 0 Å². The molecule has 2 N–H and O–H groups in total. The summed E-state index contributed by atoms with van der Waals surface area (Å²) in [7, 11) is 0. The third kappa shape index (κ3) is 3.26. The lowest BCUT2D eigenvalue weighted by Crippen LogP contribution is -2.44. The number of guanidine groups is 1. The molecule has 0 aromatic carbocycles. The fourth-order valence-corrected chi connectivity index (χ4v) is 4.63. The second-order valence-corrected chi connectivity index (χ2v) is 7.56. The Labute approximate surface area is 142 Å². The van der Waals surface area contributed by atoms with Gasteiger partial charge >= 0.3 is 0 Å². The van der Waals surface area contributed by atoms with E-state index in [1.54, 1.807) is 0 Å². The normalized spacial score (nSPS) is 24.0. The van der Waals surface area contributed by atoms with E-state index in [0.29, 0.717) is 18.5 Å². The Morgan fingerprint density at radius 1 is 1.14 bits per heavy atom. The second-order valence-electron chi connectivity index (χ2n) is 5.79. The van der Waals surface area contributed by atoms with Gasteiger partial charge in [0.25, 0.3) is 0 Å². The van der Waals surface area contributed by atoms with Crippen molar-refractivity contribution in [2.24, 2.45) is 10.7 Å². The van der Waals surface area contributed by atoms with Gasteiger partial charge in [-0.1, -0.05) is 25.7 Å². The summed E-state index contributed by atoms with van der Waals surface area (Å²) < 4.78 is 2.00. The molecular weight excluding hydrogens is 396 g/mol. The summed E-state index contributed by atoms with van der Waals surface area (Å²) in [4.78, 5) is 11.4. The van der Waals surface area contributed by atoms with Crippen molar-refractivity contribution >= 4 is 37.8 Å². The highest BCUT2D eigenvalue weighted by Crippen LogP contribution is 2.35. The number of aliphatic imine (C=N–C) groups is 1. The highest BCUT2D eigenvalue weighted by atomic mass is 79.9. The summed E-state index contributed by atoms with van der Waals surface area (Å²) in [6, 6.07) is 2.71. The van der Waals surface area contributed by atoms with Crippen LogP contribution >= 0.6 is 31.9 Å². The van der Waals surface area contributed by atoms with Crippen LogP contribution in [0.2, 0.25) is 0 Å². The zero-order valence-corrected chi connectivity index (χ0v) is 15.1. The van der Waals surface area contributed by atoms with Crippen molar-refractivity contribution < 1.29 is 0 Å². The van der Waals surface area contributed by atoms with Crippen LogP contribution in [0, 0.1) is 0 Å². The van der Waals surface area contributed by atoms with Crippen LogP contribution in [0.4, 0.5) is 0 Å². The Morgan fingerprint density at radius 3 is 2.52 bits per heavy atom. The van der Waals surface area contributed by atoms with E-state index in [4.69, 9.17) is 5.73 Å². The van der Waals surface area contributed by atoms with Crippen molar-refractivity contribution in [3.63, 3.8) is 0 Å². The molecule has 1 atom stereocenters. The molecule has 0 spiro atoms. The standard InChI is InChI=1S/C15H20Br2N4/c16-10-7-12(17)14(19-8-10)13-9-20-15(18)21(13)11-5-3-1-2-4-6-11/h7-8,11,13H,1-6,9H2,(H2,18,20). The van der Waals surface area contributed by atoms with Crippen LogP contribution in [-0.2, 0) is 0 Å². The highest BCUT2D eigenvalue weighted by Gasteiger charge is 2.35. The van der Waals surface area contributed by atoms with E-state index in [1.807, 2.05) is 12.3 Å². The summed E-state index contributed by atoms with van der Waals surface area (Å²) in [5.41, 5.74) is 7.23. The van der Waals surface area contributed by atoms with Crippen LogP contribution in [-0.4, -0.2) is 28.4 Å². The second kappa shape index (κ2) is 6.65. The van der Waals surface area contributed by atoms with Gasteiger partial charge in [-0.3, -0.25) is 9.98 Å². The van der Waals surface area contributed by atoms with Crippen LogP contribution in [0.15, 0.2) is 26.2 Å². The molecule has 1 unspecified atom stereocenters. The first-order valence-electron chi connectivity index (χ1n) is 7.56. The zero-order valence-electron chi connectivity index (χ0n) is 11.9. The molecule has 1 aromatic rings. The maximum atomic E-state index is 6.19. The van der Waals surface area contributed by atoms with E-state index >= 15 is 0 Å². The van der Waals surface area contributed by atoms with Crippen molar-refractivity contribution in [3.8, 4) is 0 Å². The molecule has 0 bridgehead atoms. The van der Waals surface area contributed by atoms with Crippen molar-refractivity contribution in [2.75, 3.05) is 6.54 Å². The van der Waals surface area contributed by atoms with Crippen molar-refractivity contribution in [2.45, 2.75) is 50.6 Å². The first kappa shape index (κ1) is 15.3. The maximum Gasteiger partial charge on any atom is 0.192 e. The molecule has 1 aliphatic carbocycles. The highest BCUT2D eigenvalue weighted by molar-refractivity contribution is 9.11. The third-order valence-corrected chi connectivity index (χ3v) is 5.47. The van der Waals surface area contributed by atoms with Gasteiger partial charge in [0.2, 0.25) is 0 Å². The molecule has 1 aliphatic heterocycles. The number of halogens is 2. The summed E-state index contributed by atoms with van der Waals surface area (Å²) in [6.45, 7) is 0.704. The fourth-order valence-electron chi connectivity index (χ4n) is 3.38. The lowest BCUT2D eigenvalue weighted by atomic mass is 10.0. The van der Waals surface area contributed by atoms with Crippen LogP contribution in [0.5, 0.6) is 0 Å². The summed E-state index contributed by atoms with van der Waals surface area (Å²) >= 11 is 7.09. The van der Waals surface area contributed by atoms with E-state index in [0.717, 1.165) is 14.6 Å². The number of hydrogen-bond acceptors (Lipinski definition) is 4. The SMILES string of the molecule is NC1=NCC(c2ncc(Br)cc2Br)N1C1CCCCCC1. The first-order valence-corrected chi connectivity index (χ1v) is 9.14. The van der Waals surface area contributed by atoms with Gasteiger partial charge in [-0.05, 0) is 50.8 Å². The summed E-state index contributed by atoms with van der Waals surface area (Å²) in [5.74, 6) is 0.684. The van der Waals surface area contributed by atoms with Gasteiger partial charge in [0, 0.05) is 21.2 Å². The molecule has 1 saturated carbocycles. The molecule has 3 rings (SSSR count). The van der Waals surface area contributed by atoms with Gasteiger partial charge in [-0.15, -0.1) is 0 Å². The maximum absolute atomic E-state index is 6.19. The Bertz CT molecular complexity index is 538. The van der Waals surface area contributed by atoms with Crippen molar-refractivity contribution in [3.05, 3.63) is 26.9 Å². The first-order chi connectivity index (χ1) is 10.2. The van der Waals surface area contributed by atoms with Crippen molar-refractivity contribution in [1.82, 2.24) is 9.88 Å². The number of pyridine rings is 1. The Morgan fingerprint density at radius 2 is 1.86 bits per heavy atom. The van der Waals surface area contributed by atoms with E-state index < -0.39 is 0 Å². The number of rotatable bonds is 2. The van der Waals surface area contributed by atoms with Crippen molar-refractivity contribution in [1.29, 1.82) is 0 Å². The minimum Gasteiger partial charge on any atom is -0.370 e. The predicted octanol–water partition coefficient (Wildman–Crippen LogP) is 4.00. The summed E-state index contributed by atoms with van der Waals surface area (Å²) in [6.07, 6.45) is 9.52. The van der Waals surface area contributed by atoms with Crippen LogP contribution < -0.4 is 5.73 Å². The third-order valence-electron chi connectivity index (χ3n) is 4.40. The number of nitrogens with two attached hydrogens (primary N) is 1. The lowest BCUT2D eigenvalue weighted by Gasteiger charge is -2.34. The molecule has 2 aliphatic rings. The van der Waals surface area contributed by atoms with Gasteiger partial charge in [-0.2, -0.15) is 0 Å². The van der Waals surface area contributed by atoms with E-state index in [-0.39, 0.29) is 6.04 Å². The largest absolute Gasteiger partial charge is 0.370 e. The van der Waals surface area contributed by atoms with Gasteiger partial charge in [0.15, 0.2) is 5.96 Å². The van der Waals surface area contributed by atoms with E-state index in [1.165, 1.54) is 38.5 Å². The Hall–Kier alpha value is -0.620. The smallest absolute Gasteiger partial charge is 0.192 e. The molecule has 1 fully saturated rings. The van der Waals surface area contributed by atoms with E-state index in [2.05, 4.69) is 46.7 Å². The molecule has 0 saturated heterocycles. The van der Waals surface area contributed by atoms with Crippen LogP contribution in [0.3, 0.4) is 0 Å². The minimum atomic E-state index is 0.163. The van der Waals surface area contributed by atoms with Gasteiger partial charge in [0.05, 0.1) is 18.3 Å². The minimum absolute atomic E-state index is 0.163. The van der Waals surface area contributed by atoms with Gasteiger partial charge in [-0.25, -0.2) is 0 Å². The topological polar surface area (TPSA) is 54.5 Å². The van der Waals surface area contributed by atoms with Crippen LogP contribution in [0.25, 0.3) is 0 Å². The molecule has 21 heavy (non-hydrogen) atoms. The van der Waals surface area contributed by atoms with Gasteiger partial charge < -0.3 is 10.6 Å². The number of nitrogens with zero attached hydrogens (tertiary/aromatic N) is 3. The molecular formula is C15H20Br2N4. The number of aromatic nitrogens is 1.